The highest BCUT2D eigenvalue weighted by Gasteiger charge is 2.21. The van der Waals surface area contributed by atoms with Crippen LogP contribution in [0.3, 0.4) is 0 Å². The number of rotatable bonds is 2. The Morgan fingerprint density at radius 3 is 3.11 bits per heavy atom. The first-order valence-corrected chi connectivity index (χ1v) is 5.82. The molecule has 0 aromatic heterocycles. The molecule has 0 atom stereocenters. The normalized spacial score (nSPS) is 13.9. The van der Waals surface area contributed by atoms with Crippen molar-refractivity contribution in [2.45, 2.75) is 6.42 Å². The molecule has 6 heteroatoms. The molecule has 0 unspecified atom stereocenters. The van der Waals surface area contributed by atoms with Crippen LogP contribution in [0.4, 0.5) is 5.69 Å². The van der Waals surface area contributed by atoms with Gasteiger partial charge in [-0.1, -0.05) is 0 Å². The van der Waals surface area contributed by atoms with Crippen LogP contribution in [0.25, 0.3) is 0 Å². The Hall–Kier alpha value is -2.55. The van der Waals surface area contributed by atoms with Crippen LogP contribution >= 0.6 is 0 Å². The third kappa shape index (κ3) is 2.65. The number of fused-ring (bicyclic) bond motifs is 1. The molecule has 1 aliphatic rings. The number of hydrogen-bond donors (Lipinski definition) is 1. The minimum Gasteiger partial charge on any atom is -0.491 e. The molecule has 0 fully saturated rings. The van der Waals surface area contributed by atoms with Crippen molar-refractivity contribution >= 4 is 17.5 Å². The van der Waals surface area contributed by atoms with Crippen LogP contribution in [0.2, 0.25) is 0 Å². The van der Waals surface area contributed by atoms with E-state index in [4.69, 9.17) is 10.00 Å². The highest BCUT2D eigenvalue weighted by Crippen LogP contribution is 2.31. The van der Waals surface area contributed by atoms with Crippen molar-refractivity contribution in [1.29, 1.82) is 5.26 Å². The van der Waals surface area contributed by atoms with Crippen molar-refractivity contribution in [3.63, 3.8) is 0 Å². The van der Waals surface area contributed by atoms with E-state index >= 15 is 0 Å². The van der Waals surface area contributed by atoms with Gasteiger partial charge in [-0.05, 0) is 18.2 Å². The lowest BCUT2D eigenvalue weighted by Gasteiger charge is -2.17. The number of nitrogens with one attached hydrogen (secondary N) is 1. The summed E-state index contributed by atoms with van der Waals surface area (Å²) < 4.78 is 5.46. The van der Waals surface area contributed by atoms with Gasteiger partial charge < -0.3 is 15.0 Å². The molecular weight excluding hydrogens is 246 g/mol. The van der Waals surface area contributed by atoms with E-state index in [-0.39, 0.29) is 18.4 Å². The number of nitriles is 1. The van der Waals surface area contributed by atoms with E-state index < -0.39 is 0 Å². The molecule has 0 saturated heterocycles. The van der Waals surface area contributed by atoms with E-state index in [0.29, 0.717) is 30.0 Å². The zero-order valence-corrected chi connectivity index (χ0v) is 10.5. The molecule has 6 nitrogen and oxygen atoms in total. The lowest BCUT2D eigenvalue weighted by atomic mass is 10.1. The first kappa shape index (κ1) is 12.9. The van der Waals surface area contributed by atoms with Gasteiger partial charge in [-0.25, -0.2) is 0 Å². The second kappa shape index (κ2) is 5.40. The van der Waals surface area contributed by atoms with E-state index in [9.17, 15) is 9.59 Å². The molecule has 2 amide bonds. The Bertz CT molecular complexity index is 563. The van der Waals surface area contributed by atoms with E-state index in [0.717, 1.165) is 0 Å². The first-order chi connectivity index (χ1) is 9.13. The second-order valence-electron chi connectivity index (χ2n) is 4.07. The number of anilines is 1. The molecule has 0 aliphatic carbocycles. The fourth-order valence-corrected chi connectivity index (χ4v) is 1.82. The van der Waals surface area contributed by atoms with E-state index in [1.807, 2.05) is 6.07 Å². The predicted octanol–water partition coefficient (Wildman–Crippen LogP) is 0.685. The molecular formula is C13H13N3O3. The van der Waals surface area contributed by atoms with E-state index in [1.165, 1.54) is 4.90 Å². The fraction of sp³-hybridized carbons (Fsp3) is 0.308. The molecule has 0 bridgehead atoms. The standard InChI is InChI=1S/C13H13N3O3/c1-16-10-8-9(13(18)15-6-5-14)2-3-11(10)19-7-4-12(16)17/h2-3,8H,4,6-7H2,1H3,(H,15,18). The molecule has 98 valence electrons. The zero-order chi connectivity index (χ0) is 13.8. The predicted molar refractivity (Wildman–Crippen MR) is 67.9 cm³/mol. The third-order valence-corrected chi connectivity index (χ3v) is 2.86. The van der Waals surface area contributed by atoms with Crippen molar-refractivity contribution < 1.29 is 14.3 Å². The van der Waals surface area contributed by atoms with Crippen molar-refractivity contribution in [2.24, 2.45) is 0 Å². The summed E-state index contributed by atoms with van der Waals surface area (Å²) in [5.41, 5.74) is 0.950. The van der Waals surface area contributed by atoms with Crippen molar-refractivity contribution in [3.05, 3.63) is 23.8 Å². The SMILES string of the molecule is CN1C(=O)CCOc2ccc(C(=O)NCC#N)cc21. The molecule has 1 N–H and O–H groups in total. The maximum absolute atomic E-state index is 11.8. The number of carbonyl (C=O) groups excluding carboxylic acids is 2. The average molecular weight is 259 g/mol. The maximum atomic E-state index is 11.8. The summed E-state index contributed by atoms with van der Waals surface area (Å²) in [6, 6.07) is 6.69. The van der Waals surface area contributed by atoms with Gasteiger partial charge in [-0.2, -0.15) is 5.26 Å². The average Bonchev–Trinajstić information content (AvgIpc) is 2.56. The Labute approximate surface area is 110 Å². The van der Waals surface area contributed by atoms with Crippen molar-refractivity contribution in [3.8, 4) is 11.8 Å². The van der Waals surface area contributed by atoms with Crippen molar-refractivity contribution in [1.82, 2.24) is 5.32 Å². The summed E-state index contributed by atoms with van der Waals surface area (Å²) in [6.07, 6.45) is 0.307. The minimum absolute atomic E-state index is 0.0544. The van der Waals surface area contributed by atoms with Crippen LogP contribution in [0.5, 0.6) is 5.75 Å². The molecule has 0 radical (unpaired) electrons. The summed E-state index contributed by atoms with van der Waals surface area (Å²) >= 11 is 0. The summed E-state index contributed by atoms with van der Waals surface area (Å²) in [6.45, 7) is 0.275. The molecule has 2 rings (SSSR count). The van der Waals surface area contributed by atoms with Gasteiger partial charge in [0.2, 0.25) is 5.91 Å². The zero-order valence-electron chi connectivity index (χ0n) is 10.5. The van der Waals surface area contributed by atoms with Gasteiger partial charge in [0.25, 0.3) is 5.91 Å². The number of hydrogen-bond acceptors (Lipinski definition) is 4. The van der Waals surface area contributed by atoms with Gasteiger partial charge >= 0.3 is 0 Å². The number of amides is 2. The van der Waals surface area contributed by atoms with Crippen LogP contribution in [0, 0.1) is 11.3 Å². The number of benzene rings is 1. The fourth-order valence-electron chi connectivity index (χ4n) is 1.82. The van der Waals surface area contributed by atoms with Crippen LogP contribution < -0.4 is 15.0 Å². The van der Waals surface area contributed by atoms with E-state index in [1.54, 1.807) is 25.2 Å². The van der Waals surface area contributed by atoms with Crippen LogP contribution in [0.1, 0.15) is 16.8 Å². The summed E-state index contributed by atoms with van der Waals surface area (Å²) in [5, 5.41) is 10.9. The summed E-state index contributed by atoms with van der Waals surface area (Å²) in [7, 11) is 1.65. The first-order valence-electron chi connectivity index (χ1n) is 5.82. The molecule has 1 aromatic rings. The summed E-state index contributed by atoms with van der Waals surface area (Å²) in [4.78, 5) is 25.0. The van der Waals surface area contributed by atoms with E-state index in [2.05, 4.69) is 5.32 Å². The molecule has 1 aromatic carbocycles. The highest BCUT2D eigenvalue weighted by atomic mass is 16.5. The summed E-state index contributed by atoms with van der Waals surface area (Å²) in [5.74, 6) is 0.160. The topological polar surface area (TPSA) is 82.4 Å². The largest absolute Gasteiger partial charge is 0.491 e. The Morgan fingerprint density at radius 2 is 2.37 bits per heavy atom. The smallest absolute Gasteiger partial charge is 0.252 e. The second-order valence-corrected chi connectivity index (χ2v) is 4.07. The Morgan fingerprint density at radius 1 is 1.58 bits per heavy atom. The molecule has 0 saturated carbocycles. The molecule has 19 heavy (non-hydrogen) atoms. The minimum atomic E-state index is -0.352. The quantitative estimate of drug-likeness (QED) is 0.792. The lowest BCUT2D eigenvalue weighted by Crippen LogP contribution is -2.26. The van der Waals surface area contributed by atoms with Crippen molar-refractivity contribution in [2.75, 3.05) is 25.1 Å². The van der Waals surface area contributed by atoms with Gasteiger partial charge in [-0.15, -0.1) is 0 Å². The molecule has 1 aliphatic heterocycles. The van der Waals surface area contributed by atoms with Crippen LogP contribution in [-0.4, -0.2) is 32.0 Å². The molecule has 0 spiro atoms. The van der Waals surface area contributed by atoms with Gasteiger partial charge in [0.05, 0.1) is 24.8 Å². The number of carbonyl (C=O) groups is 2. The van der Waals surface area contributed by atoms with Gasteiger partial charge in [-0.3, -0.25) is 9.59 Å². The maximum Gasteiger partial charge on any atom is 0.252 e. The van der Waals surface area contributed by atoms with Gasteiger partial charge in [0.1, 0.15) is 12.3 Å². The molecule has 1 heterocycles. The number of ether oxygens (including phenoxy) is 1. The third-order valence-electron chi connectivity index (χ3n) is 2.86. The number of nitrogens with zero attached hydrogens (tertiary/aromatic N) is 2. The van der Waals surface area contributed by atoms with Crippen LogP contribution in [0.15, 0.2) is 18.2 Å². The lowest BCUT2D eigenvalue weighted by molar-refractivity contribution is -0.118. The Kier molecular flexibility index (Phi) is 3.66. The van der Waals surface area contributed by atoms with Gasteiger partial charge in [0.15, 0.2) is 0 Å². The van der Waals surface area contributed by atoms with Gasteiger partial charge in [0, 0.05) is 12.6 Å². The Balaban J connectivity index is 2.32. The van der Waals surface area contributed by atoms with Crippen LogP contribution in [-0.2, 0) is 4.79 Å². The monoisotopic (exact) mass is 259 g/mol. The highest BCUT2D eigenvalue weighted by molar-refractivity contribution is 5.99.